The van der Waals surface area contributed by atoms with Gasteiger partial charge in [-0.05, 0) is 39.6 Å². The Morgan fingerprint density at radius 3 is 2.11 bits per heavy atom. The monoisotopic (exact) mass is 451 g/mol. The first-order valence-corrected chi connectivity index (χ1v) is 12.0. The van der Waals surface area contributed by atoms with Gasteiger partial charge in [-0.3, -0.25) is 4.79 Å². The van der Waals surface area contributed by atoms with E-state index < -0.39 is 0 Å². The van der Waals surface area contributed by atoms with Crippen molar-refractivity contribution in [3.8, 4) is 11.3 Å². The minimum absolute atomic E-state index is 0.0819. The Hall–Kier alpha value is -4.43. The normalized spacial score (nSPS) is 12.1. The van der Waals surface area contributed by atoms with Gasteiger partial charge >= 0.3 is 0 Å². The molecule has 6 aromatic rings. The summed E-state index contributed by atoms with van der Waals surface area (Å²) < 4.78 is 0. The molecule has 1 N–H and O–H groups in total. The highest BCUT2D eigenvalue weighted by molar-refractivity contribution is 5.99. The van der Waals surface area contributed by atoms with Crippen LogP contribution in [-0.4, -0.2) is 10.8 Å². The standard InChI is InChI=1S/C33H25NO/c35-31(25-14-5-2-6-15-25)22-29(24-12-3-1-4-13-24)32-28-17-9-10-18-30(28)34-33(32)27-20-19-23-11-7-8-16-26(23)21-27/h1-21,29,34H,22H2. The van der Waals surface area contributed by atoms with Crippen molar-refractivity contribution in [1.29, 1.82) is 0 Å². The molecule has 5 aromatic carbocycles. The molecule has 35 heavy (non-hydrogen) atoms. The van der Waals surface area contributed by atoms with E-state index in [-0.39, 0.29) is 11.7 Å². The number of hydrogen-bond acceptors (Lipinski definition) is 1. The lowest BCUT2D eigenvalue weighted by atomic mass is 9.83. The van der Waals surface area contributed by atoms with Gasteiger partial charge in [-0.25, -0.2) is 0 Å². The van der Waals surface area contributed by atoms with E-state index in [0.29, 0.717) is 6.42 Å². The lowest BCUT2D eigenvalue weighted by Gasteiger charge is -2.19. The lowest BCUT2D eigenvalue weighted by molar-refractivity contribution is 0.0978. The molecule has 0 fully saturated rings. The SMILES string of the molecule is O=C(CC(c1ccccc1)c1c(-c2ccc3ccccc3c2)[nH]c2ccccc12)c1ccccc1. The van der Waals surface area contributed by atoms with Gasteiger partial charge in [0.05, 0.1) is 5.69 Å². The van der Waals surface area contributed by atoms with Crippen molar-refractivity contribution in [1.82, 2.24) is 4.98 Å². The molecule has 168 valence electrons. The highest BCUT2D eigenvalue weighted by Crippen LogP contribution is 2.41. The maximum atomic E-state index is 13.5. The first-order valence-electron chi connectivity index (χ1n) is 12.0. The van der Waals surface area contributed by atoms with Crippen LogP contribution in [0, 0.1) is 0 Å². The molecule has 1 unspecified atom stereocenters. The summed E-state index contributed by atoms with van der Waals surface area (Å²) in [6.45, 7) is 0. The fourth-order valence-electron chi connectivity index (χ4n) is 5.10. The number of H-pyrrole nitrogens is 1. The van der Waals surface area contributed by atoms with Crippen molar-refractivity contribution in [2.75, 3.05) is 0 Å². The first-order chi connectivity index (χ1) is 17.3. The number of rotatable bonds is 6. The van der Waals surface area contributed by atoms with E-state index in [2.05, 4.69) is 96.0 Å². The Balaban J connectivity index is 1.56. The number of benzene rings is 5. The Morgan fingerprint density at radius 1 is 0.657 bits per heavy atom. The molecule has 1 heterocycles. The highest BCUT2D eigenvalue weighted by Gasteiger charge is 2.26. The minimum atomic E-state index is -0.0819. The van der Waals surface area contributed by atoms with Gasteiger partial charge in [-0.15, -0.1) is 0 Å². The smallest absolute Gasteiger partial charge is 0.163 e. The maximum Gasteiger partial charge on any atom is 0.163 e. The summed E-state index contributed by atoms with van der Waals surface area (Å²) in [4.78, 5) is 17.2. The van der Waals surface area contributed by atoms with Crippen LogP contribution < -0.4 is 0 Å². The van der Waals surface area contributed by atoms with Crippen molar-refractivity contribution in [2.45, 2.75) is 12.3 Å². The van der Waals surface area contributed by atoms with Crippen molar-refractivity contribution in [3.63, 3.8) is 0 Å². The van der Waals surface area contributed by atoms with Crippen LogP contribution in [0.5, 0.6) is 0 Å². The second kappa shape index (κ2) is 9.08. The lowest BCUT2D eigenvalue weighted by Crippen LogP contribution is -2.10. The number of Topliss-reactive ketones (excluding diaryl/α,β-unsaturated/α-hetero) is 1. The van der Waals surface area contributed by atoms with Crippen LogP contribution in [-0.2, 0) is 0 Å². The minimum Gasteiger partial charge on any atom is -0.354 e. The summed E-state index contributed by atoms with van der Waals surface area (Å²) in [7, 11) is 0. The van der Waals surface area contributed by atoms with Gasteiger partial charge in [0.2, 0.25) is 0 Å². The van der Waals surface area contributed by atoms with Crippen LogP contribution >= 0.6 is 0 Å². The molecule has 0 saturated carbocycles. The van der Waals surface area contributed by atoms with Gasteiger partial charge in [0.25, 0.3) is 0 Å². The number of carbonyl (C=O) groups excluding carboxylic acids is 1. The second-order valence-electron chi connectivity index (χ2n) is 8.98. The fraction of sp³-hybridized carbons (Fsp3) is 0.0606. The highest BCUT2D eigenvalue weighted by atomic mass is 16.1. The molecular weight excluding hydrogens is 426 g/mol. The van der Waals surface area contributed by atoms with Crippen LogP contribution in [0.15, 0.2) is 127 Å². The van der Waals surface area contributed by atoms with Gasteiger partial charge < -0.3 is 4.98 Å². The molecule has 2 nitrogen and oxygen atoms in total. The Kier molecular flexibility index (Phi) is 5.48. The van der Waals surface area contributed by atoms with Crippen molar-refractivity contribution >= 4 is 27.5 Å². The molecule has 0 radical (unpaired) electrons. The number of ketones is 1. The molecule has 1 atom stereocenters. The maximum absolute atomic E-state index is 13.5. The van der Waals surface area contributed by atoms with Gasteiger partial charge in [0.1, 0.15) is 0 Å². The Bertz CT molecular complexity index is 1630. The van der Waals surface area contributed by atoms with Crippen LogP contribution in [0.1, 0.15) is 33.8 Å². The van der Waals surface area contributed by atoms with Crippen LogP contribution in [0.2, 0.25) is 0 Å². The molecule has 2 heteroatoms. The Morgan fingerprint density at radius 2 is 1.31 bits per heavy atom. The van der Waals surface area contributed by atoms with Gasteiger partial charge in [0, 0.05) is 28.8 Å². The van der Waals surface area contributed by atoms with E-state index in [4.69, 9.17) is 0 Å². The summed E-state index contributed by atoms with van der Waals surface area (Å²) in [5.41, 5.74) is 6.35. The van der Waals surface area contributed by atoms with Crippen molar-refractivity contribution in [2.24, 2.45) is 0 Å². The summed E-state index contributed by atoms with van der Waals surface area (Å²) in [6.07, 6.45) is 0.399. The second-order valence-corrected chi connectivity index (χ2v) is 8.98. The van der Waals surface area contributed by atoms with Crippen LogP contribution in [0.4, 0.5) is 0 Å². The number of para-hydroxylation sites is 1. The first kappa shape index (κ1) is 21.1. The van der Waals surface area contributed by atoms with Gasteiger partial charge in [0.15, 0.2) is 5.78 Å². The fourth-order valence-corrected chi connectivity index (χ4v) is 5.10. The van der Waals surface area contributed by atoms with Crippen molar-refractivity contribution in [3.05, 3.63) is 144 Å². The zero-order valence-electron chi connectivity index (χ0n) is 19.3. The third kappa shape index (κ3) is 4.04. The van der Waals surface area contributed by atoms with E-state index in [1.165, 1.54) is 16.3 Å². The molecule has 0 aliphatic rings. The number of carbonyl (C=O) groups is 1. The number of aromatic nitrogens is 1. The molecule has 0 spiro atoms. The molecule has 6 rings (SSSR count). The molecule has 1 aromatic heterocycles. The number of nitrogens with one attached hydrogen (secondary N) is 1. The van der Waals surface area contributed by atoms with Crippen molar-refractivity contribution < 1.29 is 4.79 Å². The number of hydrogen-bond donors (Lipinski definition) is 1. The molecule has 0 aliphatic carbocycles. The molecule has 0 amide bonds. The number of aromatic amines is 1. The summed E-state index contributed by atoms with van der Waals surface area (Å²) in [6, 6.07) is 43.4. The quantitative estimate of drug-likeness (QED) is 0.253. The topological polar surface area (TPSA) is 32.9 Å². The predicted molar refractivity (Wildman–Crippen MR) is 145 cm³/mol. The average Bonchev–Trinajstić information content (AvgIpc) is 3.31. The van der Waals surface area contributed by atoms with Crippen LogP contribution in [0.3, 0.4) is 0 Å². The van der Waals surface area contributed by atoms with E-state index in [0.717, 1.165) is 33.3 Å². The van der Waals surface area contributed by atoms with E-state index in [1.54, 1.807) is 0 Å². The van der Waals surface area contributed by atoms with Crippen LogP contribution in [0.25, 0.3) is 32.9 Å². The van der Waals surface area contributed by atoms with Gasteiger partial charge in [-0.1, -0.05) is 115 Å². The Labute approximate surface area is 204 Å². The molecule has 0 saturated heterocycles. The van der Waals surface area contributed by atoms with Gasteiger partial charge in [-0.2, -0.15) is 0 Å². The molecule has 0 aliphatic heterocycles. The van der Waals surface area contributed by atoms with E-state index >= 15 is 0 Å². The summed E-state index contributed by atoms with van der Waals surface area (Å²) in [5.74, 6) is 0.0655. The molecular formula is C33H25NO. The third-order valence-corrected chi connectivity index (χ3v) is 6.82. The zero-order chi connectivity index (χ0) is 23.6. The molecule has 0 bridgehead atoms. The zero-order valence-corrected chi connectivity index (χ0v) is 19.3. The third-order valence-electron chi connectivity index (χ3n) is 6.82. The number of fused-ring (bicyclic) bond motifs is 2. The summed E-state index contributed by atoms with van der Waals surface area (Å²) >= 11 is 0. The predicted octanol–water partition coefficient (Wildman–Crippen LogP) is 8.39. The average molecular weight is 452 g/mol. The summed E-state index contributed by atoms with van der Waals surface area (Å²) in [5, 5.41) is 3.57. The van der Waals surface area contributed by atoms with E-state index in [1.807, 2.05) is 36.4 Å². The largest absolute Gasteiger partial charge is 0.354 e. The van der Waals surface area contributed by atoms with E-state index in [9.17, 15) is 4.79 Å².